The number of hydrogen-bond acceptors (Lipinski definition) is 1. The number of furan rings is 1. The summed E-state index contributed by atoms with van der Waals surface area (Å²) in [5.74, 6) is 0.209. The van der Waals surface area contributed by atoms with Crippen LogP contribution in [0.4, 0.5) is 0 Å². The van der Waals surface area contributed by atoms with Gasteiger partial charge >= 0.3 is 0 Å². The summed E-state index contributed by atoms with van der Waals surface area (Å²) in [6.45, 7) is 4.81. The lowest BCUT2D eigenvalue weighted by Crippen LogP contribution is -2.16. The topological polar surface area (TPSA) is 18.1 Å². The Morgan fingerprint density at radius 3 is 1.87 bits per heavy atom. The molecule has 0 fully saturated rings. The van der Waals surface area contributed by atoms with Crippen LogP contribution in [0.5, 0.6) is 0 Å². The molecule has 12 rings (SSSR count). The third-order valence-corrected chi connectivity index (χ3v) is 13.5. The predicted octanol–water partition coefficient (Wildman–Crippen LogP) is 15.6. The standard InChI is InChI=1S/C58H43NO/c1-58(2)52-33-37(20-30-46(52)47-31-28-44(36-53(47)58)59-54-16-8-5-13-48(54)49-14-6-9-17-55(49)59)19-29-45(43-27-32-57-51(35-43)50-15-7-10-18-56(50)60-57)40-24-21-39(22-25-40)42-26-23-38-11-3-4-12-41(38)34-42/h3-18,20-28,30-36,45H,19,29H2,1-2H3. The zero-order chi connectivity index (χ0) is 40.0. The molecule has 0 saturated heterocycles. The first-order chi connectivity index (χ1) is 29.5. The molecule has 0 bridgehead atoms. The van der Waals surface area contributed by atoms with Crippen LogP contribution < -0.4 is 0 Å². The van der Waals surface area contributed by atoms with Gasteiger partial charge in [0.2, 0.25) is 0 Å². The van der Waals surface area contributed by atoms with Crippen molar-refractivity contribution < 1.29 is 4.42 Å². The number of aryl methyl sites for hydroxylation is 1. The maximum Gasteiger partial charge on any atom is 0.135 e. The van der Waals surface area contributed by atoms with E-state index in [-0.39, 0.29) is 11.3 Å². The lowest BCUT2D eigenvalue weighted by molar-refractivity contribution is 0.656. The van der Waals surface area contributed by atoms with Crippen LogP contribution in [0.15, 0.2) is 199 Å². The van der Waals surface area contributed by atoms with Gasteiger partial charge in [0.15, 0.2) is 0 Å². The first-order valence-electron chi connectivity index (χ1n) is 21.3. The average Bonchev–Trinajstić information content (AvgIpc) is 3.91. The van der Waals surface area contributed by atoms with E-state index in [1.54, 1.807) is 0 Å². The van der Waals surface area contributed by atoms with E-state index in [1.165, 1.54) is 99.1 Å². The predicted molar refractivity (Wildman–Crippen MR) is 252 cm³/mol. The van der Waals surface area contributed by atoms with E-state index in [0.29, 0.717) is 0 Å². The second-order valence-corrected chi connectivity index (χ2v) is 17.2. The molecular formula is C58H43NO. The molecule has 11 aromatic rings. The fraction of sp³-hybridized carbons (Fsp3) is 0.103. The molecule has 0 saturated carbocycles. The Hall–Kier alpha value is -7.16. The van der Waals surface area contributed by atoms with Gasteiger partial charge in [-0.25, -0.2) is 0 Å². The van der Waals surface area contributed by atoms with E-state index in [2.05, 4.69) is 206 Å². The zero-order valence-electron chi connectivity index (χ0n) is 33.8. The highest BCUT2D eigenvalue weighted by Gasteiger charge is 2.36. The van der Waals surface area contributed by atoms with Gasteiger partial charge < -0.3 is 8.98 Å². The van der Waals surface area contributed by atoms with Gasteiger partial charge in [0, 0.05) is 38.6 Å². The second-order valence-electron chi connectivity index (χ2n) is 17.2. The number of aromatic nitrogens is 1. The molecule has 1 aliphatic carbocycles. The highest BCUT2D eigenvalue weighted by atomic mass is 16.3. The fourth-order valence-corrected chi connectivity index (χ4v) is 10.3. The Morgan fingerprint density at radius 2 is 1.08 bits per heavy atom. The van der Waals surface area contributed by atoms with E-state index < -0.39 is 0 Å². The molecule has 286 valence electrons. The van der Waals surface area contributed by atoms with Crippen LogP contribution in [0.3, 0.4) is 0 Å². The zero-order valence-corrected chi connectivity index (χ0v) is 33.8. The van der Waals surface area contributed by atoms with Gasteiger partial charge in [-0.2, -0.15) is 0 Å². The summed E-state index contributed by atoms with van der Waals surface area (Å²) in [4.78, 5) is 0. The largest absolute Gasteiger partial charge is 0.456 e. The molecule has 2 heterocycles. The van der Waals surface area contributed by atoms with Crippen LogP contribution in [0.1, 0.15) is 54.0 Å². The highest BCUT2D eigenvalue weighted by molar-refractivity contribution is 6.09. The van der Waals surface area contributed by atoms with E-state index >= 15 is 0 Å². The Balaban J connectivity index is 0.890. The summed E-state index contributed by atoms with van der Waals surface area (Å²) in [7, 11) is 0. The molecule has 1 atom stereocenters. The van der Waals surface area contributed by atoms with Crippen molar-refractivity contribution >= 4 is 54.5 Å². The molecule has 0 aliphatic heterocycles. The highest BCUT2D eigenvalue weighted by Crippen LogP contribution is 2.50. The quantitative estimate of drug-likeness (QED) is 0.158. The van der Waals surface area contributed by atoms with E-state index in [9.17, 15) is 0 Å². The minimum atomic E-state index is -0.138. The Morgan fingerprint density at radius 1 is 0.467 bits per heavy atom. The van der Waals surface area contributed by atoms with Crippen LogP contribution in [0.25, 0.3) is 82.5 Å². The Labute approximate surface area is 350 Å². The first kappa shape index (κ1) is 34.8. The van der Waals surface area contributed by atoms with Gasteiger partial charge in [0.1, 0.15) is 11.2 Å². The summed E-state index contributed by atoms with van der Waals surface area (Å²) in [5, 5.41) is 7.46. The normalized spacial score (nSPS) is 13.7. The van der Waals surface area contributed by atoms with Crippen molar-refractivity contribution in [1.29, 1.82) is 0 Å². The maximum atomic E-state index is 6.27. The molecule has 0 spiro atoms. The molecule has 2 heteroatoms. The summed E-state index contributed by atoms with van der Waals surface area (Å²) >= 11 is 0. The average molecular weight is 770 g/mol. The Bertz CT molecular complexity index is 3420. The lowest BCUT2D eigenvalue weighted by atomic mass is 9.81. The van der Waals surface area contributed by atoms with Gasteiger partial charge in [0.05, 0.1) is 11.0 Å². The van der Waals surface area contributed by atoms with Crippen LogP contribution in [-0.2, 0) is 11.8 Å². The smallest absolute Gasteiger partial charge is 0.135 e. The molecule has 1 unspecified atom stereocenters. The molecule has 9 aromatic carbocycles. The number of nitrogens with zero attached hydrogens (tertiary/aromatic N) is 1. The number of para-hydroxylation sites is 3. The van der Waals surface area contributed by atoms with Crippen LogP contribution in [-0.4, -0.2) is 4.57 Å². The minimum Gasteiger partial charge on any atom is -0.456 e. The molecule has 0 amide bonds. The van der Waals surface area contributed by atoms with E-state index in [4.69, 9.17) is 4.42 Å². The van der Waals surface area contributed by atoms with E-state index in [0.717, 1.165) is 24.0 Å². The summed E-state index contributed by atoms with van der Waals surface area (Å²) < 4.78 is 8.71. The van der Waals surface area contributed by atoms with Crippen LogP contribution >= 0.6 is 0 Å². The minimum absolute atomic E-state index is 0.138. The Kier molecular flexibility index (Phi) is 7.81. The number of benzene rings is 9. The maximum absolute atomic E-state index is 6.27. The van der Waals surface area contributed by atoms with Crippen molar-refractivity contribution in [3.63, 3.8) is 0 Å². The van der Waals surface area contributed by atoms with Crippen molar-refractivity contribution in [3.8, 4) is 27.9 Å². The van der Waals surface area contributed by atoms with Crippen molar-refractivity contribution in [3.05, 3.63) is 222 Å². The molecule has 2 nitrogen and oxygen atoms in total. The van der Waals surface area contributed by atoms with Gasteiger partial charge in [-0.3, -0.25) is 0 Å². The number of fused-ring (bicyclic) bond motifs is 10. The molecule has 1 aliphatic rings. The van der Waals surface area contributed by atoms with E-state index in [1.807, 2.05) is 6.07 Å². The van der Waals surface area contributed by atoms with Crippen molar-refractivity contribution in [2.24, 2.45) is 0 Å². The first-order valence-corrected chi connectivity index (χ1v) is 21.3. The monoisotopic (exact) mass is 769 g/mol. The van der Waals surface area contributed by atoms with Crippen LogP contribution in [0.2, 0.25) is 0 Å². The lowest BCUT2D eigenvalue weighted by Gasteiger charge is -2.23. The summed E-state index contributed by atoms with van der Waals surface area (Å²) in [5.41, 5.74) is 17.4. The third-order valence-electron chi connectivity index (χ3n) is 13.5. The molecule has 2 aromatic heterocycles. The summed E-state index contributed by atoms with van der Waals surface area (Å²) in [6.07, 6.45) is 1.95. The van der Waals surface area contributed by atoms with Crippen molar-refractivity contribution in [1.82, 2.24) is 4.57 Å². The van der Waals surface area contributed by atoms with Crippen LogP contribution in [0, 0.1) is 0 Å². The van der Waals surface area contributed by atoms with Gasteiger partial charge in [-0.15, -0.1) is 0 Å². The summed E-state index contributed by atoms with van der Waals surface area (Å²) in [6, 6.07) is 71.8. The molecule has 60 heavy (non-hydrogen) atoms. The van der Waals surface area contributed by atoms with Crippen molar-refractivity contribution in [2.45, 2.75) is 38.0 Å². The fourth-order valence-electron chi connectivity index (χ4n) is 10.3. The van der Waals surface area contributed by atoms with Crippen molar-refractivity contribution in [2.75, 3.05) is 0 Å². The SMILES string of the molecule is CC1(C)c2cc(CCC(c3ccc(-c4ccc5ccccc5c4)cc3)c3ccc4oc5ccccc5c4c3)ccc2-c2ccc(-n3c4ccccc4c4ccccc43)cc21. The molecule has 0 radical (unpaired) electrons. The number of hydrogen-bond donors (Lipinski definition) is 0. The number of rotatable bonds is 7. The third kappa shape index (κ3) is 5.48. The molecular weight excluding hydrogens is 727 g/mol. The van der Waals surface area contributed by atoms with Gasteiger partial charge in [-0.05, 0) is 122 Å². The second kappa shape index (κ2) is 13.4. The van der Waals surface area contributed by atoms with Gasteiger partial charge in [-0.1, -0.05) is 159 Å². The molecule has 0 N–H and O–H groups in total. The van der Waals surface area contributed by atoms with Gasteiger partial charge in [0.25, 0.3) is 0 Å².